The zero-order valence-electron chi connectivity index (χ0n) is 12.5. The standard InChI is InChI=1S/C16H23N3O2/c1-2-12-5-3-7-14(9-12)18-15(20)11-19-8-4-6-13(10-19)16(17)21/h3,5,7,9,13H,2,4,6,8,10-11H2,1H3,(H2,17,21)(H,18,20)/p+1/t13-/m1/s1. The quantitative estimate of drug-likeness (QED) is 0.712. The number of carbonyl (C=O) groups is 2. The third-order valence-corrected chi connectivity index (χ3v) is 4.05. The molecule has 1 unspecified atom stereocenters. The second-order valence-electron chi connectivity index (χ2n) is 5.72. The number of aryl methyl sites for hydroxylation is 1. The maximum Gasteiger partial charge on any atom is 0.279 e. The molecule has 2 atom stereocenters. The number of carbonyl (C=O) groups excluding carboxylic acids is 2. The van der Waals surface area contributed by atoms with Crippen LogP contribution in [0.3, 0.4) is 0 Å². The zero-order valence-corrected chi connectivity index (χ0v) is 12.5. The summed E-state index contributed by atoms with van der Waals surface area (Å²) in [5.74, 6) is -0.350. The Labute approximate surface area is 125 Å². The first-order valence-electron chi connectivity index (χ1n) is 7.60. The van der Waals surface area contributed by atoms with E-state index in [-0.39, 0.29) is 17.7 Å². The predicted octanol–water partition coefficient (Wildman–Crippen LogP) is -0.0323. The fraction of sp³-hybridized carbons (Fsp3) is 0.500. The van der Waals surface area contributed by atoms with Crippen LogP contribution in [0, 0.1) is 5.92 Å². The smallest absolute Gasteiger partial charge is 0.279 e. The van der Waals surface area contributed by atoms with Crippen LogP contribution in [0.5, 0.6) is 0 Å². The molecule has 5 heteroatoms. The van der Waals surface area contributed by atoms with Crippen LogP contribution in [-0.4, -0.2) is 31.4 Å². The molecule has 1 heterocycles. The van der Waals surface area contributed by atoms with Gasteiger partial charge >= 0.3 is 0 Å². The Morgan fingerprint density at radius 2 is 2.24 bits per heavy atom. The second-order valence-corrected chi connectivity index (χ2v) is 5.72. The van der Waals surface area contributed by atoms with Gasteiger partial charge in [-0.25, -0.2) is 0 Å². The minimum atomic E-state index is -0.247. The van der Waals surface area contributed by atoms with Crippen LogP contribution in [-0.2, 0) is 16.0 Å². The molecule has 1 aliphatic heterocycles. The van der Waals surface area contributed by atoms with E-state index in [4.69, 9.17) is 5.73 Å². The molecular formula is C16H24N3O2+. The minimum Gasteiger partial charge on any atom is -0.369 e. The number of hydrogen-bond donors (Lipinski definition) is 3. The highest BCUT2D eigenvalue weighted by atomic mass is 16.2. The number of quaternary nitrogens is 1. The molecule has 0 aliphatic carbocycles. The molecule has 1 fully saturated rings. The lowest BCUT2D eigenvalue weighted by molar-refractivity contribution is -0.899. The van der Waals surface area contributed by atoms with Crippen molar-refractivity contribution < 1.29 is 14.5 Å². The van der Waals surface area contributed by atoms with Crippen LogP contribution in [0.4, 0.5) is 5.69 Å². The molecule has 1 aromatic rings. The van der Waals surface area contributed by atoms with Gasteiger partial charge in [0.15, 0.2) is 6.54 Å². The van der Waals surface area contributed by atoms with Crippen LogP contribution in [0.15, 0.2) is 24.3 Å². The summed E-state index contributed by atoms with van der Waals surface area (Å²) in [5, 5.41) is 2.93. The van der Waals surface area contributed by atoms with E-state index in [1.54, 1.807) is 0 Å². The third kappa shape index (κ3) is 4.56. The monoisotopic (exact) mass is 290 g/mol. The number of primary amides is 1. The molecule has 1 aliphatic rings. The van der Waals surface area contributed by atoms with E-state index in [0.717, 1.165) is 36.4 Å². The number of hydrogen-bond acceptors (Lipinski definition) is 2. The average Bonchev–Trinajstić information content (AvgIpc) is 2.47. The first-order valence-corrected chi connectivity index (χ1v) is 7.60. The van der Waals surface area contributed by atoms with Gasteiger partial charge in [0.25, 0.3) is 5.91 Å². The van der Waals surface area contributed by atoms with E-state index < -0.39 is 0 Å². The first-order chi connectivity index (χ1) is 10.1. The van der Waals surface area contributed by atoms with Gasteiger partial charge in [-0.15, -0.1) is 0 Å². The summed E-state index contributed by atoms with van der Waals surface area (Å²) in [6.07, 6.45) is 2.74. The molecular weight excluding hydrogens is 266 g/mol. The molecule has 5 nitrogen and oxygen atoms in total. The van der Waals surface area contributed by atoms with E-state index in [1.165, 1.54) is 5.56 Å². The maximum atomic E-state index is 12.1. The van der Waals surface area contributed by atoms with E-state index in [1.807, 2.05) is 24.3 Å². The summed E-state index contributed by atoms with van der Waals surface area (Å²) in [6, 6.07) is 7.89. The summed E-state index contributed by atoms with van der Waals surface area (Å²) in [4.78, 5) is 24.5. The molecule has 0 spiro atoms. The SMILES string of the molecule is CCc1cccc(NC(=O)C[NH+]2CCC[C@@H](C(N)=O)C2)c1. The molecule has 1 saturated heterocycles. The highest BCUT2D eigenvalue weighted by Gasteiger charge is 2.28. The molecule has 1 aromatic carbocycles. The van der Waals surface area contributed by atoms with Gasteiger partial charge in [0.1, 0.15) is 0 Å². The maximum absolute atomic E-state index is 12.1. The second kappa shape index (κ2) is 7.22. The highest BCUT2D eigenvalue weighted by Crippen LogP contribution is 2.11. The fourth-order valence-electron chi connectivity index (χ4n) is 2.86. The average molecular weight is 290 g/mol. The summed E-state index contributed by atoms with van der Waals surface area (Å²) >= 11 is 0. The minimum absolute atomic E-state index is 0.0108. The van der Waals surface area contributed by atoms with Crippen molar-refractivity contribution in [3.8, 4) is 0 Å². The number of likely N-dealkylation sites (tertiary alicyclic amines) is 1. The van der Waals surface area contributed by atoms with Crippen molar-refractivity contribution in [1.29, 1.82) is 0 Å². The van der Waals surface area contributed by atoms with Gasteiger partial charge < -0.3 is 16.0 Å². The van der Waals surface area contributed by atoms with Crippen molar-refractivity contribution in [2.45, 2.75) is 26.2 Å². The largest absolute Gasteiger partial charge is 0.369 e. The lowest BCUT2D eigenvalue weighted by Gasteiger charge is -2.27. The Kier molecular flexibility index (Phi) is 5.33. The van der Waals surface area contributed by atoms with Gasteiger partial charge in [-0.2, -0.15) is 0 Å². The van der Waals surface area contributed by atoms with Crippen molar-refractivity contribution in [3.63, 3.8) is 0 Å². The fourth-order valence-corrected chi connectivity index (χ4v) is 2.86. The topological polar surface area (TPSA) is 76.6 Å². The van der Waals surface area contributed by atoms with Gasteiger partial charge in [0.2, 0.25) is 5.91 Å². The van der Waals surface area contributed by atoms with Crippen LogP contribution < -0.4 is 16.0 Å². The number of nitrogens with one attached hydrogen (secondary N) is 2. The number of amides is 2. The molecule has 0 radical (unpaired) electrons. The van der Waals surface area contributed by atoms with Crippen molar-refractivity contribution in [3.05, 3.63) is 29.8 Å². The van der Waals surface area contributed by atoms with Crippen LogP contribution in [0.2, 0.25) is 0 Å². The number of anilines is 1. The Balaban J connectivity index is 1.87. The normalized spacial score (nSPS) is 21.8. The molecule has 0 aromatic heterocycles. The van der Waals surface area contributed by atoms with Crippen LogP contribution in [0.25, 0.3) is 0 Å². The highest BCUT2D eigenvalue weighted by molar-refractivity contribution is 5.91. The van der Waals surface area contributed by atoms with Crippen molar-refractivity contribution in [2.24, 2.45) is 11.7 Å². The zero-order chi connectivity index (χ0) is 15.2. The molecule has 21 heavy (non-hydrogen) atoms. The number of piperidine rings is 1. The van der Waals surface area contributed by atoms with Crippen LogP contribution >= 0.6 is 0 Å². The number of nitrogens with two attached hydrogens (primary N) is 1. The molecule has 2 amide bonds. The molecule has 0 bridgehead atoms. The first kappa shape index (κ1) is 15.5. The summed E-state index contributed by atoms with van der Waals surface area (Å²) < 4.78 is 0. The number of benzene rings is 1. The Morgan fingerprint density at radius 1 is 1.43 bits per heavy atom. The van der Waals surface area contributed by atoms with Gasteiger partial charge in [0, 0.05) is 5.69 Å². The van der Waals surface area contributed by atoms with Gasteiger partial charge in [-0.05, 0) is 37.0 Å². The van der Waals surface area contributed by atoms with Gasteiger partial charge in [-0.3, -0.25) is 9.59 Å². The Bertz CT molecular complexity index is 516. The predicted molar refractivity (Wildman–Crippen MR) is 81.9 cm³/mol. The molecule has 2 rings (SSSR count). The van der Waals surface area contributed by atoms with Crippen molar-refractivity contribution >= 4 is 17.5 Å². The lowest BCUT2D eigenvalue weighted by atomic mass is 9.97. The summed E-state index contributed by atoms with van der Waals surface area (Å²) in [5.41, 5.74) is 7.40. The Morgan fingerprint density at radius 3 is 2.95 bits per heavy atom. The Hall–Kier alpha value is -1.88. The van der Waals surface area contributed by atoms with Crippen molar-refractivity contribution in [1.82, 2.24) is 0 Å². The van der Waals surface area contributed by atoms with E-state index in [2.05, 4.69) is 12.2 Å². The number of rotatable bonds is 5. The summed E-state index contributed by atoms with van der Waals surface area (Å²) in [6.45, 7) is 4.06. The molecule has 4 N–H and O–H groups in total. The molecule has 0 saturated carbocycles. The van der Waals surface area contributed by atoms with Crippen LogP contribution in [0.1, 0.15) is 25.3 Å². The van der Waals surface area contributed by atoms with E-state index >= 15 is 0 Å². The molecule has 114 valence electrons. The summed E-state index contributed by atoms with van der Waals surface area (Å²) in [7, 11) is 0. The van der Waals surface area contributed by atoms with Crippen molar-refractivity contribution in [2.75, 3.05) is 25.0 Å². The van der Waals surface area contributed by atoms with Gasteiger partial charge in [-0.1, -0.05) is 19.1 Å². The van der Waals surface area contributed by atoms with E-state index in [0.29, 0.717) is 13.1 Å². The van der Waals surface area contributed by atoms with Gasteiger partial charge in [0.05, 0.1) is 19.0 Å². The lowest BCUT2D eigenvalue weighted by Crippen LogP contribution is -3.14. The van der Waals surface area contributed by atoms with E-state index in [9.17, 15) is 9.59 Å². The third-order valence-electron chi connectivity index (χ3n) is 4.05.